The summed E-state index contributed by atoms with van der Waals surface area (Å²) >= 11 is 0. The van der Waals surface area contributed by atoms with Crippen molar-refractivity contribution < 1.29 is 18.3 Å². The van der Waals surface area contributed by atoms with Gasteiger partial charge < -0.3 is 9.47 Å². The van der Waals surface area contributed by atoms with E-state index in [1.54, 1.807) is 0 Å². The van der Waals surface area contributed by atoms with Gasteiger partial charge in [0.1, 0.15) is 0 Å². The molecule has 0 saturated carbocycles. The molecule has 0 aromatic carbocycles. The lowest BCUT2D eigenvalue weighted by Crippen LogP contribution is -2.20. The lowest BCUT2D eigenvalue weighted by molar-refractivity contribution is -0.165. The van der Waals surface area contributed by atoms with Gasteiger partial charge in [-0.05, 0) is 13.8 Å². The van der Waals surface area contributed by atoms with E-state index in [9.17, 15) is 8.78 Å². The van der Waals surface area contributed by atoms with Gasteiger partial charge in [-0.1, -0.05) is 0 Å². The maximum Gasteiger partial charge on any atom is 0.257 e. The quantitative estimate of drug-likeness (QED) is 0.503. The number of rotatable bonds is 0. The van der Waals surface area contributed by atoms with Crippen LogP contribution in [0.25, 0.3) is 0 Å². The molecule has 0 radical (unpaired) electrons. The highest BCUT2D eigenvalue weighted by atomic mass is 19.2. The molecule has 0 aromatic heterocycles. The molecular formula is C5H8F2O2. The van der Waals surface area contributed by atoms with E-state index in [-0.39, 0.29) is 0 Å². The van der Waals surface area contributed by atoms with Crippen molar-refractivity contribution in [2.45, 2.75) is 32.4 Å². The molecule has 4 heteroatoms. The van der Waals surface area contributed by atoms with E-state index in [1.165, 1.54) is 13.8 Å². The lowest BCUT2D eigenvalue weighted by atomic mass is 10.4. The summed E-state index contributed by atoms with van der Waals surface area (Å²) in [6.45, 7) is 2.92. The van der Waals surface area contributed by atoms with Gasteiger partial charge in [0, 0.05) is 0 Å². The molecular weight excluding hydrogens is 130 g/mol. The van der Waals surface area contributed by atoms with Crippen LogP contribution in [-0.2, 0) is 9.47 Å². The Morgan fingerprint density at radius 2 is 1.44 bits per heavy atom. The Balaban J connectivity index is 2.54. The molecule has 2 unspecified atom stereocenters. The molecule has 2 atom stereocenters. The zero-order valence-electron chi connectivity index (χ0n) is 5.23. The van der Waals surface area contributed by atoms with Crippen molar-refractivity contribution in [3.63, 3.8) is 0 Å². The molecule has 1 heterocycles. The first-order valence-electron chi connectivity index (χ1n) is 2.65. The highest BCUT2D eigenvalue weighted by Crippen LogP contribution is 2.28. The van der Waals surface area contributed by atoms with Crippen molar-refractivity contribution in [1.29, 1.82) is 0 Å². The molecule has 1 aliphatic heterocycles. The minimum absolute atomic E-state index is 1.11. The molecule has 0 spiro atoms. The standard InChI is InChI=1S/C5H8F2O2/c1-5(2)8-3(6)4(7)9-5/h3-4H,1-2H3. The minimum Gasteiger partial charge on any atom is -0.312 e. The maximum atomic E-state index is 12.1. The van der Waals surface area contributed by atoms with E-state index in [0.29, 0.717) is 0 Å². The van der Waals surface area contributed by atoms with Gasteiger partial charge in [-0.3, -0.25) is 0 Å². The Kier molecular flexibility index (Phi) is 1.44. The summed E-state index contributed by atoms with van der Waals surface area (Å²) in [4.78, 5) is 0. The van der Waals surface area contributed by atoms with Crippen LogP contribution in [0.1, 0.15) is 13.8 Å². The zero-order chi connectivity index (χ0) is 7.07. The molecule has 0 amide bonds. The second kappa shape index (κ2) is 1.88. The fourth-order valence-corrected chi connectivity index (χ4v) is 0.677. The molecule has 1 saturated heterocycles. The Labute approximate surface area is 51.8 Å². The Morgan fingerprint density at radius 1 is 1.11 bits per heavy atom. The largest absolute Gasteiger partial charge is 0.312 e. The van der Waals surface area contributed by atoms with E-state index in [4.69, 9.17) is 0 Å². The molecule has 2 nitrogen and oxygen atoms in total. The van der Waals surface area contributed by atoms with Crippen LogP contribution >= 0.6 is 0 Å². The summed E-state index contributed by atoms with van der Waals surface area (Å²) < 4.78 is 33.0. The first-order chi connectivity index (χ1) is 4.01. The molecule has 1 rings (SSSR count). The fourth-order valence-electron chi connectivity index (χ4n) is 0.677. The molecule has 0 aromatic rings. The first-order valence-corrected chi connectivity index (χ1v) is 2.65. The van der Waals surface area contributed by atoms with Gasteiger partial charge in [0.05, 0.1) is 0 Å². The number of hydrogen-bond acceptors (Lipinski definition) is 2. The van der Waals surface area contributed by atoms with Crippen LogP contribution in [0.5, 0.6) is 0 Å². The highest BCUT2D eigenvalue weighted by molar-refractivity contribution is 4.66. The third-order valence-corrected chi connectivity index (χ3v) is 0.999. The average Bonchev–Trinajstić information content (AvgIpc) is 1.79. The van der Waals surface area contributed by atoms with Gasteiger partial charge >= 0.3 is 0 Å². The summed E-state index contributed by atoms with van der Waals surface area (Å²) in [7, 11) is 0. The van der Waals surface area contributed by atoms with Gasteiger partial charge in [0.2, 0.25) is 0 Å². The number of halogens is 2. The van der Waals surface area contributed by atoms with E-state index < -0.39 is 18.5 Å². The topological polar surface area (TPSA) is 18.5 Å². The van der Waals surface area contributed by atoms with Crippen molar-refractivity contribution in [3.05, 3.63) is 0 Å². The van der Waals surface area contributed by atoms with Crippen molar-refractivity contribution >= 4 is 0 Å². The van der Waals surface area contributed by atoms with Crippen molar-refractivity contribution in [2.75, 3.05) is 0 Å². The molecule has 0 bridgehead atoms. The second-order valence-corrected chi connectivity index (χ2v) is 2.34. The number of ether oxygens (including phenoxy) is 2. The molecule has 1 fully saturated rings. The molecule has 54 valence electrons. The summed E-state index contributed by atoms with van der Waals surface area (Å²) in [5, 5.41) is 0. The minimum atomic E-state index is -1.93. The predicted molar refractivity (Wildman–Crippen MR) is 26.0 cm³/mol. The van der Waals surface area contributed by atoms with E-state index in [1.807, 2.05) is 0 Å². The Hall–Kier alpha value is -0.220. The third-order valence-electron chi connectivity index (χ3n) is 0.999. The van der Waals surface area contributed by atoms with Crippen molar-refractivity contribution in [1.82, 2.24) is 0 Å². The van der Waals surface area contributed by atoms with Gasteiger partial charge in [0.25, 0.3) is 12.7 Å². The van der Waals surface area contributed by atoms with Crippen LogP contribution in [0.15, 0.2) is 0 Å². The van der Waals surface area contributed by atoms with Crippen LogP contribution in [0.2, 0.25) is 0 Å². The fraction of sp³-hybridized carbons (Fsp3) is 1.00. The number of hydrogen-bond donors (Lipinski definition) is 0. The average molecular weight is 138 g/mol. The smallest absolute Gasteiger partial charge is 0.257 e. The highest BCUT2D eigenvalue weighted by Gasteiger charge is 2.41. The van der Waals surface area contributed by atoms with Crippen LogP contribution < -0.4 is 0 Å². The van der Waals surface area contributed by atoms with Crippen LogP contribution in [-0.4, -0.2) is 18.5 Å². The SMILES string of the molecule is CC1(C)OC(F)C(F)O1. The predicted octanol–water partition coefficient (Wildman–Crippen LogP) is 1.36. The Morgan fingerprint density at radius 3 is 1.56 bits per heavy atom. The second-order valence-electron chi connectivity index (χ2n) is 2.34. The van der Waals surface area contributed by atoms with Crippen molar-refractivity contribution in [2.24, 2.45) is 0 Å². The number of alkyl halides is 2. The monoisotopic (exact) mass is 138 g/mol. The van der Waals surface area contributed by atoms with Gasteiger partial charge in [-0.2, -0.15) is 0 Å². The van der Waals surface area contributed by atoms with E-state index in [2.05, 4.69) is 9.47 Å². The summed E-state index contributed by atoms with van der Waals surface area (Å²) in [6.07, 6.45) is -3.86. The lowest BCUT2D eigenvalue weighted by Gasteiger charge is -2.13. The van der Waals surface area contributed by atoms with Gasteiger partial charge in [-0.15, -0.1) is 0 Å². The van der Waals surface area contributed by atoms with Crippen LogP contribution in [0.4, 0.5) is 8.78 Å². The maximum absolute atomic E-state index is 12.1. The summed E-state index contributed by atoms with van der Waals surface area (Å²) in [6, 6.07) is 0. The first kappa shape index (κ1) is 6.89. The molecule has 9 heavy (non-hydrogen) atoms. The Bertz CT molecular complexity index is 104. The molecule has 0 aliphatic carbocycles. The summed E-state index contributed by atoms with van der Waals surface area (Å²) in [5.74, 6) is -1.11. The molecule has 1 aliphatic rings. The summed E-state index contributed by atoms with van der Waals surface area (Å²) in [5.41, 5.74) is 0. The normalized spacial score (nSPS) is 41.3. The third kappa shape index (κ3) is 1.37. The van der Waals surface area contributed by atoms with Gasteiger partial charge in [0.15, 0.2) is 5.79 Å². The molecule has 0 N–H and O–H groups in total. The zero-order valence-corrected chi connectivity index (χ0v) is 5.23. The van der Waals surface area contributed by atoms with E-state index in [0.717, 1.165) is 0 Å². The van der Waals surface area contributed by atoms with Crippen molar-refractivity contribution in [3.8, 4) is 0 Å². The van der Waals surface area contributed by atoms with E-state index >= 15 is 0 Å². The van der Waals surface area contributed by atoms with Gasteiger partial charge in [-0.25, -0.2) is 8.78 Å². The van der Waals surface area contributed by atoms with Crippen LogP contribution in [0, 0.1) is 0 Å². The van der Waals surface area contributed by atoms with Crippen LogP contribution in [0.3, 0.4) is 0 Å².